The Hall–Kier alpha value is -3.48. The minimum atomic E-state index is -0.378. The lowest BCUT2D eigenvalue weighted by Gasteiger charge is -2.38. The molecule has 1 atom stereocenters. The minimum absolute atomic E-state index is 0.0686. The molecule has 0 bridgehead atoms. The van der Waals surface area contributed by atoms with Gasteiger partial charge in [0.15, 0.2) is 11.5 Å². The van der Waals surface area contributed by atoms with Crippen LogP contribution < -0.4 is 19.7 Å². The fraction of sp³-hybridized carbons (Fsp3) is 0.238. The third kappa shape index (κ3) is 2.36. The maximum atomic E-state index is 13.5. The Morgan fingerprint density at radius 1 is 1.11 bits per heavy atom. The second-order valence-electron chi connectivity index (χ2n) is 7.01. The SMILES string of the molecule is Cc1nn(C)c(C)c1[C@H]1Nc2ccccc2C(=O)N1c1ccc2c(c1)OCO2. The topological polar surface area (TPSA) is 68.6 Å². The summed E-state index contributed by atoms with van der Waals surface area (Å²) in [5, 5.41) is 8.08. The van der Waals surface area contributed by atoms with Crippen LogP contribution in [-0.2, 0) is 7.05 Å². The maximum absolute atomic E-state index is 13.5. The summed E-state index contributed by atoms with van der Waals surface area (Å²) in [5.41, 5.74) is 5.07. The van der Waals surface area contributed by atoms with Crippen molar-refractivity contribution in [2.45, 2.75) is 20.0 Å². The molecule has 1 amide bonds. The molecule has 0 fully saturated rings. The van der Waals surface area contributed by atoms with Crippen LogP contribution in [0.15, 0.2) is 42.5 Å². The summed E-state index contributed by atoms with van der Waals surface area (Å²) < 4.78 is 12.8. The smallest absolute Gasteiger partial charge is 0.262 e. The van der Waals surface area contributed by atoms with E-state index < -0.39 is 0 Å². The molecule has 3 aromatic rings. The fourth-order valence-corrected chi connectivity index (χ4v) is 3.94. The van der Waals surface area contributed by atoms with Gasteiger partial charge in [0.1, 0.15) is 6.17 Å². The maximum Gasteiger partial charge on any atom is 0.262 e. The van der Waals surface area contributed by atoms with Crippen molar-refractivity contribution in [3.05, 3.63) is 65.0 Å². The van der Waals surface area contributed by atoms with Gasteiger partial charge in [-0.15, -0.1) is 0 Å². The van der Waals surface area contributed by atoms with Crippen LogP contribution in [0.2, 0.25) is 0 Å². The van der Waals surface area contributed by atoms with Crippen molar-refractivity contribution in [2.75, 3.05) is 17.0 Å². The van der Waals surface area contributed by atoms with E-state index in [1.807, 2.05) is 68.0 Å². The molecule has 3 heterocycles. The third-order valence-corrected chi connectivity index (χ3v) is 5.40. The number of nitrogens with one attached hydrogen (secondary N) is 1. The van der Waals surface area contributed by atoms with Crippen LogP contribution in [0.25, 0.3) is 0 Å². The van der Waals surface area contributed by atoms with Crippen molar-refractivity contribution in [1.29, 1.82) is 0 Å². The second kappa shape index (κ2) is 6.02. The molecule has 0 spiro atoms. The Kier molecular flexibility index (Phi) is 3.58. The highest BCUT2D eigenvalue weighted by atomic mass is 16.7. The van der Waals surface area contributed by atoms with Crippen molar-refractivity contribution in [2.24, 2.45) is 7.05 Å². The standard InChI is InChI=1S/C21H20N4O3/c1-12-19(13(2)24(3)23-12)20-22-16-7-5-4-6-15(16)21(26)25(20)14-8-9-17-18(10-14)28-11-27-17/h4-10,20,22H,11H2,1-3H3/t20-/m0/s1. The number of amides is 1. The van der Waals surface area contributed by atoms with E-state index in [1.165, 1.54) is 0 Å². The van der Waals surface area contributed by atoms with E-state index >= 15 is 0 Å². The minimum Gasteiger partial charge on any atom is -0.454 e. The summed E-state index contributed by atoms with van der Waals surface area (Å²) in [4.78, 5) is 15.3. The summed E-state index contributed by atoms with van der Waals surface area (Å²) in [6.45, 7) is 4.17. The number of nitrogens with zero attached hydrogens (tertiary/aromatic N) is 3. The molecule has 5 rings (SSSR count). The number of aromatic nitrogens is 2. The van der Waals surface area contributed by atoms with Gasteiger partial charge in [-0.2, -0.15) is 5.10 Å². The zero-order valence-electron chi connectivity index (χ0n) is 15.9. The zero-order chi connectivity index (χ0) is 19.4. The number of carbonyl (C=O) groups is 1. The molecular formula is C21H20N4O3. The van der Waals surface area contributed by atoms with Gasteiger partial charge in [0.2, 0.25) is 6.79 Å². The van der Waals surface area contributed by atoms with E-state index in [0.29, 0.717) is 17.1 Å². The van der Waals surface area contributed by atoms with Gasteiger partial charge >= 0.3 is 0 Å². The average molecular weight is 376 g/mol. The molecule has 0 aliphatic carbocycles. The van der Waals surface area contributed by atoms with Crippen LogP contribution in [-0.4, -0.2) is 22.5 Å². The van der Waals surface area contributed by atoms with Crippen LogP contribution in [0.3, 0.4) is 0 Å². The molecule has 7 nitrogen and oxygen atoms in total. The molecule has 28 heavy (non-hydrogen) atoms. The first-order chi connectivity index (χ1) is 13.5. The van der Waals surface area contributed by atoms with Crippen molar-refractivity contribution in [1.82, 2.24) is 9.78 Å². The highest BCUT2D eigenvalue weighted by Gasteiger charge is 2.37. The van der Waals surface area contributed by atoms with Gasteiger partial charge < -0.3 is 14.8 Å². The van der Waals surface area contributed by atoms with Crippen molar-refractivity contribution in [3.8, 4) is 11.5 Å². The number of hydrogen-bond donors (Lipinski definition) is 1. The van der Waals surface area contributed by atoms with Crippen molar-refractivity contribution < 1.29 is 14.3 Å². The van der Waals surface area contributed by atoms with E-state index in [-0.39, 0.29) is 18.9 Å². The molecular weight excluding hydrogens is 356 g/mol. The largest absolute Gasteiger partial charge is 0.454 e. The van der Waals surface area contributed by atoms with Gasteiger partial charge in [-0.3, -0.25) is 14.4 Å². The van der Waals surface area contributed by atoms with Crippen molar-refractivity contribution in [3.63, 3.8) is 0 Å². The number of rotatable bonds is 2. The first-order valence-electron chi connectivity index (χ1n) is 9.13. The van der Waals surface area contributed by atoms with Crippen LogP contribution in [0.1, 0.15) is 33.5 Å². The van der Waals surface area contributed by atoms with E-state index in [4.69, 9.17) is 9.47 Å². The zero-order valence-corrected chi connectivity index (χ0v) is 15.9. The highest BCUT2D eigenvalue weighted by molar-refractivity contribution is 6.12. The summed E-state index contributed by atoms with van der Waals surface area (Å²) in [5.74, 6) is 1.26. The molecule has 2 aromatic carbocycles. The number of hydrogen-bond acceptors (Lipinski definition) is 5. The quantitative estimate of drug-likeness (QED) is 0.741. The van der Waals surface area contributed by atoms with Gasteiger partial charge in [0, 0.05) is 30.1 Å². The monoisotopic (exact) mass is 376 g/mol. The van der Waals surface area contributed by atoms with Gasteiger partial charge in [-0.05, 0) is 38.1 Å². The molecule has 1 N–H and O–H groups in total. The molecule has 7 heteroatoms. The molecule has 0 radical (unpaired) electrons. The summed E-state index contributed by atoms with van der Waals surface area (Å²) >= 11 is 0. The molecule has 2 aliphatic rings. The van der Waals surface area contributed by atoms with Crippen molar-refractivity contribution >= 4 is 17.3 Å². The molecule has 0 saturated heterocycles. The molecule has 142 valence electrons. The number of carbonyl (C=O) groups excluding carboxylic acids is 1. The number of anilines is 2. The Balaban J connectivity index is 1.70. The summed E-state index contributed by atoms with van der Waals surface area (Å²) in [7, 11) is 1.91. The Morgan fingerprint density at radius 2 is 1.89 bits per heavy atom. The predicted octanol–water partition coefficient (Wildman–Crippen LogP) is 3.54. The van der Waals surface area contributed by atoms with Gasteiger partial charge in [0.05, 0.1) is 16.9 Å². The van der Waals surface area contributed by atoms with E-state index in [9.17, 15) is 4.79 Å². The van der Waals surface area contributed by atoms with E-state index in [1.54, 1.807) is 4.90 Å². The highest BCUT2D eigenvalue weighted by Crippen LogP contribution is 2.42. The van der Waals surface area contributed by atoms with Gasteiger partial charge in [0.25, 0.3) is 5.91 Å². The predicted molar refractivity (Wildman–Crippen MR) is 105 cm³/mol. The van der Waals surface area contributed by atoms with E-state index in [2.05, 4.69) is 10.4 Å². The Morgan fingerprint density at radius 3 is 2.68 bits per heavy atom. The second-order valence-corrected chi connectivity index (χ2v) is 7.01. The number of benzene rings is 2. The summed E-state index contributed by atoms with van der Waals surface area (Å²) in [6.07, 6.45) is -0.378. The molecule has 0 saturated carbocycles. The fourth-order valence-electron chi connectivity index (χ4n) is 3.94. The van der Waals surface area contributed by atoms with Crippen LogP contribution in [0.5, 0.6) is 11.5 Å². The lowest BCUT2D eigenvalue weighted by Crippen LogP contribution is -2.43. The van der Waals surface area contributed by atoms with Gasteiger partial charge in [-0.1, -0.05) is 12.1 Å². The van der Waals surface area contributed by atoms with Gasteiger partial charge in [-0.25, -0.2) is 0 Å². The molecule has 1 aromatic heterocycles. The molecule has 0 unspecified atom stereocenters. The number of aryl methyl sites for hydroxylation is 2. The Bertz CT molecular complexity index is 1110. The first-order valence-corrected chi connectivity index (χ1v) is 9.13. The number of fused-ring (bicyclic) bond motifs is 2. The van der Waals surface area contributed by atoms with E-state index in [0.717, 1.165) is 28.3 Å². The molecule has 2 aliphatic heterocycles. The Labute approximate surface area is 162 Å². The average Bonchev–Trinajstić information content (AvgIpc) is 3.25. The normalized spacial score (nSPS) is 17.5. The summed E-state index contributed by atoms with van der Waals surface area (Å²) in [6, 6.07) is 13.1. The van der Waals surface area contributed by atoms with Crippen LogP contribution in [0, 0.1) is 13.8 Å². The first kappa shape index (κ1) is 16.7. The number of para-hydroxylation sites is 1. The number of ether oxygens (including phenoxy) is 2. The lowest BCUT2D eigenvalue weighted by molar-refractivity contribution is 0.0975. The van der Waals surface area contributed by atoms with Crippen LogP contribution >= 0.6 is 0 Å². The third-order valence-electron chi connectivity index (χ3n) is 5.40. The lowest BCUT2D eigenvalue weighted by atomic mass is 10.0. The van der Waals surface area contributed by atoms with Crippen LogP contribution in [0.4, 0.5) is 11.4 Å².